The number of carboxylic acids is 1. The van der Waals surface area contributed by atoms with E-state index in [1.807, 2.05) is 6.92 Å². The van der Waals surface area contributed by atoms with Crippen LogP contribution in [0.4, 0.5) is 17.1 Å². The summed E-state index contributed by atoms with van der Waals surface area (Å²) in [5.41, 5.74) is 1.44. The van der Waals surface area contributed by atoms with E-state index in [1.165, 1.54) is 18.2 Å². The minimum atomic E-state index is -1.39. The number of nitrogens with one attached hydrogen (secondary N) is 2. The fourth-order valence-electron chi connectivity index (χ4n) is 3.70. The van der Waals surface area contributed by atoms with Gasteiger partial charge in [0.2, 0.25) is 5.91 Å². The maximum atomic E-state index is 13.0. The molecule has 1 aliphatic heterocycles. The van der Waals surface area contributed by atoms with Gasteiger partial charge in [-0.3, -0.25) is 14.4 Å². The van der Waals surface area contributed by atoms with Gasteiger partial charge in [0.05, 0.1) is 24.7 Å². The summed E-state index contributed by atoms with van der Waals surface area (Å²) in [5.74, 6) is -2.44. The molecule has 10 heteroatoms. The van der Waals surface area contributed by atoms with Gasteiger partial charge in [0.15, 0.2) is 0 Å². The summed E-state index contributed by atoms with van der Waals surface area (Å²) >= 11 is 6.19. The highest BCUT2D eigenvalue weighted by Crippen LogP contribution is 2.31. The van der Waals surface area contributed by atoms with Crippen LogP contribution in [0.1, 0.15) is 22.8 Å². The summed E-state index contributed by atoms with van der Waals surface area (Å²) in [6.45, 7) is 2.34. The lowest BCUT2D eigenvalue weighted by Gasteiger charge is -2.15. The van der Waals surface area contributed by atoms with E-state index < -0.39 is 23.7 Å². The van der Waals surface area contributed by atoms with Crippen LogP contribution in [-0.4, -0.2) is 30.3 Å². The number of para-hydroxylation sites is 1. The first-order valence-electron chi connectivity index (χ1n) is 11.3. The monoisotopic (exact) mass is 518 g/mol. The van der Waals surface area contributed by atoms with Crippen LogP contribution in [0.5, 0.6) is 5.75 Å². The van der Waals surface area contributed by atoms with Crippen molar-refractivity contribution in [3.63, 3.8) is 0 Å². The van der Waals surface area contributed by atoms with Gasteiger partial charge in [0, 0.05) is 16.9 Å². The van der Waals surface area contributed by atoms with E-state index in [0.717, 1.165) is 4.90 Å². The first-order chi connectivity index (χ1) is 17.8. The van der Waals surface area contributed by atoms with Gasteiger partial charge in [-0.25, -0.2) is 4.90 Å². The van der Waals surface area contributed by atoms with E-state index in [9.17, 15) is 24.3 Å². The summed E-state index contributed by atoms with van der Waals surface area (Å²) < 4.78 is 5.39. The lowest BCUT2D eigenvalue weighted by Crippen LogP contribution is -2.32. The topological polar surface area (TPSA) is 128 Å². The number of hydrogen-bond donors (Lipinski definition) is 2. The molecule has 0 spiro atoms. The van der Waals surface area contributed by atoms with Crippen LogP contribution in [0.25, 0.3) is 0 Å². The second-order valence-electron chi connectivity index (χ2n) is 7.94. The normalized spacial score (nSPS) is 13.1. The number of carbonyl (C=O) groups is 4. The van der Waals surface area contributed by atoms with Gasteiger partial charge < -0.3 is 25.3 Å². The number of hydrogen-bond acceptors (Lipinski definition) is 7. The van der Waals surface area contributed by atoms with Crippen LogP contribution in [0.15, 0.2) is 83.5 Å². The molecule has 4 rings (SSSR count). The third-order valence-corrected chi connectivity index (χ3v) is 5.79. The molecule has 0 saturated carbocycles. The maximum absolute atomic E-state index is 13.0. The number of rotatable bonds is 9. The molecule has 0 radical (unpaired) electrons. The van der Waals surface area contributed by atoms with E-state index in [0.29, 0.717) is 29.3 Å². The Bertz CT molecular complexity index is 1400. The SMILES string of the molecule is CCOc1ccc(N2C(=O)C(Cl)=C(Nc3ccc(CC(=O)Nc4ccccc4C(=O)[O-])cc3)C2=O)cc1. The summed E-state index contributed by atoms with van der Waals surface area (Å²) in [4.78, 5) is 50.2. The Balaban J connectivity index is 1.41. The molecule has 9 nitrogen and oxygen atoms in total. The largest absolute Gasteiger partial charge is 0.545 e. The number of carbonyl (C=O) groups excluding carboxylic acids is 4. The molecular weight excluding hydrogens is 498 g/mol. The quantitative estimate of drug-likeness (QED) is 0.417. The first-order valence-corrected chi connectivity index (χ1v) is 11.6. The van der Waals surface area contributed by atoms with Crippen molar-refractivity contribution in [2.75, 3.05) is 22.1 Å². The van der Waals surface area contributed by atoms with Gasteiger partial charge in [-0.05, 0) is 55.0 Å². The highest BCUT2D eigenvalue weighted by molar-refractivity contribution is 6.53. The van der Waals surface area contributed by atoms with Crippen LogP contribution in [-0.2, 0) is 20.8 Å². The fourth-order valence-corrected chi connectivity index (χ4v) is 3.92. The van der Waals surface area contributed by atoms with Crippen molar-refractivity contribution in [2.45, 2.75) is 13.3 Å². The van der Waals surface area contributed by atoms with Crippen molar-refractivity contribution in [3.05, 3.63) is 94.7 Å². The Morgan fingerprint density at radius 1 is 0.946 bits per heavy atom. The molecule has 3 aromatic rings. The summed E-state index contributed by atoms with van der Waals surface area (Å²) in [6.07, 6.45) is -0.0198. The zero-order valence-corrected chi connectivity index (χ0v) is 20.4. The van der Waals surface area contributed by atoms with Crippen molar-refractivity contribution in [2.24, 2.45) is 0 Å². The number of ether oxygens (including phenoxy) is 1. The van der Waals surface area contributed by atoms with Crippen LogP contribution < -0.4 is 25.4 Å². The van der Waals surface area contributed by atoms with E-state index in [1.54, 1.807) is 54.6 Å². The molecule has 0 fully saturated rings. The molecule has 3 aromatic carbocycles. The van der Waals surface area contributed by atoms with Gasteiger partial charge in [-0.2, -0.15) is 0 Å². The Morgan fingerprint density at radius 3 is 2.27 bits per heavy atom. The van der Waals surface area contributed by atoms with Crippen LogP contribution in [0.2, 0.25) is 0 Å². The smallest absolute Gasteiger partial charge is 0.283 e. The standard InChI is InChI=1S/C27H22ClN3O6/c1-2-37-19-13-11-18(12-14-19)31-25(33)23(28)24(26(31)34)29-17-9-7-16(8-10-17)15-22(32)30-21-6-4-3-5-20(21)27(35)36/h3-14,29H,2,15H2,1H3,(H,30,32)(H,35,36)/p-1. The van der Waals surface area contributed by atoms with E-state index >= 15 is 0 Å². The summed E-state index contributed by atoms with van der Waals surface area (Å²) in [5, 5.41) is 16.4. The van der Waals surface area contributed by atoms with Gasteiger partial charge in [-0.15, -0.1) is 0 Å². The number of imide groups is 1. The van der Waals surface area contributed by atoms with Crippen LogP contribution in [0, 0.1) is 0 Å². The summed E-state index contributed by atoms with van der Waals surface area (Å²) in [7, 11) is 0. The number of nitrogens with zero attached hydrogens (tertiary/aromatic N) is 1. The molecule has 2 N–H and O–H groups in total. The molecule has 0 unspecified atom stereocenters. The third-order valence-electron chi connectivity index (χ3n) is 5.44. The minimum absolute atomic E-state index is 0.0198. The molecular formula is C27H21ClN3O6-. The molecule has 1 aliphatic rings. The lowest BCUT2D eigenvalue weighted by atomic mass is 10.1. The Kier molecular flexibility index (Phi) is 7.55. The predicted molar refractivity (Wildman–Crippen MR) is 136 cm³/mol. The average molecular weight is 519 g/mol. The second kappa shape index (κ2) is 11.0. The maximum Gasteiger partial charge on any atom is 0.283 e. The van der Waals surface area contributed by atoms with E-state index in [-0.39, 0.29) is 28.4 Å². The molecule has 3 amide bonds. The molecule has 188 valence electrons. The predicted octanol–water partition coefficient (Wildman–Crippen LogP) is 3.07. The highest BCUT2D eigenvalue weighted by Gasteiger charge is 2.39. The van der Waals surface area contributed by atoms with E-state index in [2.05, 4.69) is 10.6 Å². The number of halogens is 1. The van der Waals surface area contributed by atoms with Crippen molar-refractivity contribution in [1.29, 1.82) is 0 Å². The molecule has 0 atom stereocenters. The summed E-state index contributed by atoms with van der Waals surface area (Å²) in [6, 6.07) is 19.1. The van der Waals surface area contributed by atoms with Crippen molar-refractivity contribution in [3.8, 4) is 5.75 Å². The Labute approximate surface area is 217 Å². The zero-order chi connectivity index (χ0) is 26.5. The minimum Gasteiger partial charge on any atom is -0.545 e. The van der Waals surface area contributed by atoms with Gasteiger partial charge >= 0.3 is 0 Å². The van der Waals surface area contributed by atoms with Crippen LogP contribution in [0.3, 0.4) is 0 Å². The molecule has 0 saturated heterocycles. The van der Waals surface area contributed by atoms with Gasteiger partial charge in [0.25, 0.3) is 11.8 Å². The number of benzene rings is 3. The van der Waals surface area contributed by atoms with Crippen molar-refractivity contribution < 1.29 is 29.0 Å². The molecule has 1 heterocycles. The average Bonchev–Trinajstić information content (AvgIpc) is 3.09. The van der Waals surface area contributed by atoms with Gasteiger partial charge in [0.1, 0.15) is 16.5 Å². The number of aromatic carboxylic acids is 1. The third kappa shape index (κ3) is 5.62. The number of amides is 3. The van der Waals surface area contributed by atoms with Gasteiger partial charge in [-0.1, -0.05) is 41.9 Å². The molecule has 0 aromatic heterocycles. The first kappa shape index (κ1) is 25.5. The number of carboxylic acid groups (broad SMARTS) is 1. The highest BCUT2D eigenvalue weighted by atomic mass is 35.5. The number of anilines is 3. The second-order valence-corrected chi connectivity index (χ2v) is 8.32. The molecule has 0 aliphatic carbocycles. The zero-order valence-electron chi connectivity index (χ0n) is 19.6. The van der Waals surface area contributed by atoms with Crippen molar-refractivity contribution in [1.82, 2.24) is 0 Å². The molecule has 37 heavy (non-hydrogen) atoms. The van der Waals surface area contributed by atoms with E-state index in [4.69, 9.17) is 16.3 Å². The van der Waals surface area contributed by atoms with Crippen LogP contribution >= 0.6 is 11.6 Å². The Morgan fingerprint density at radius 2 is 1.62 bits per heavy atom. The lowest BCUT2D eigenvalue weighted by molar-refractivity contribution is -0.254. The fraction of sp³-hybridized carbons (Fsp3) is 0.111. The Hall–Kier alpha value is -4.63. The van der Waals surface area contributed by atoms with Crippen molar-refractivity contribution >= 4 is 52.4 Å². The molecule has 0 bridgehead atoms.